The van der Waals surface area contributed by atoms with E-state index in [1.165, 1.54) is 11.3 Å². The predicted molar refractivity (Wildman–Crippen MR) is 226 cm³/mol. The van der Waals surface area contributed by atoms with Crippen LogP contribution in [0.4, 0.5) is 16.5 Å². The highest BCUT2D eigenvalue weighted by Crippen LogP contribution is 2.37. The van der Waals surface area contributed by atoms with Gasteiger partial charge in [0.1, 0.15) is 11.8 Å². The van der Waals surface area contributed by atoms with Crippen LogP contribution in [0.25, 0.3) is 11.3 Å². The normalized spacial score (nSPS) is 15.8. The van der Waals surface area contributed by atoms with E-state index in [0.717, 1.165) is 69.1 Å². The number of rotatable bonds is 14. The third-order valence-corrected chi connectivity index (χ3v) is 11.8. The highest BCUT2D eigenvalue weighted by Gasteiger charge is 2.45. The summed E-state index contributed by atoms with van der Waals surface area (Å²) in [4.78, 5) is 89.5. The zero-order valence-electron chi connectivity index (χ0n) is 33.2. The van der Waals surface area contributed by atoms with Gasteiger partial charge in [0.05, 0.1) is 29.8 Å². The van der Waals surface area contributed by atoms with Gasteiger partial charge in [0, 0.05) is 59.3 Å². The Morgan fingerprint density at radius 3 is 2.63 bits per heavy atom. The van der Waals surface area contributed by atoms with Crippen LogP contribution in [0.15, 0.2) is 79.1 Å². The number of benzene rings is 3. The fourth-order valence-electron chi connectivity index (χ4n) is 7.91. The molecule has 6 amide bonds. The molecule has 3 aromatic carbocycles. The first-order valence-corrected chi connectivity index (χ1v) is 20.8. The summed E-state index contributed by atoms with van der Waals surface area (Å²) in [5.74, 6) is -1.68. The van der Waals surface area contributed by atoms with Gasteiger partial charge in [-0.15, -0.1) is 11.3 Å². The number of carbonyl (C=O) groups is 6. The number of thiazole rings is 1. The fourth-order valence-corrected chi connectivity index (χ4v) is 8.76. The van der Waals surface area contributed by atoms with Crippen LogP contribution in [0.1, 0.15) is 84.7 Å². The minimum absolute atomic E-state index is 0.0347. The molecule has 14 nitrogen and oxygen atoms in total. The van der Waals surface area contributed by atoms with Crippen molar-refractivity contribution < 1.29 is 33.5 Å². The molecule has 3 aliphatic rings. The number of aromatic nitrogens is 2. The molecule has 2 aromatic heterocycles. The largest absolute Gasteiger partial charge is 0.494 e. The van der Waals surface area contributed by atoms with E-state index >= 15 is 0 Å². The van der Waals surface area contributed by atoms with Gasteiger partial charge < -0.3 is 20.3 Å². The summed E-state index contributed by atoms with van der Waals surface area (Å²) in [5.41, 5.74) is 7.02. The second-order valence-corrected chi connectivity index (χ2v) is 16.3. The van der Waals surface area contributed by atoms with E-state index in [-0.39, 0.29) is 42.2 Å². The van der Waals surface area contributed by atoms with Crippen molar-refractivity contribution in [1.82, 2.24) is 20.2 Å². The average molecular weight is 826 g/mol. The number of unbranched alkanes of at least 4 members (excludes halogenated alkanes) is 2. The van der Waals surface area contributed by atoms with Crippen LogP contribution in [0, 0.1) is 13.8 Å². The van der Waals surface area contributed by atoms with Gasteiger partial charge in [-0.05, 0) is 105 Å². The number of carbonyl (C=O) groups excluding carboxylic acids is 6. The molecular formula is C45H43N7O7S. The number of piperidine rings is 1. The molecule has 5 heterocycles. The number of anilines is 3. The van der Waals surface area contributed by atoms with Crippen molar-refractivity contribution in [1.29, 1.82) is 0 Å². The summed E-state index contributed by atoms with van der Waals surface area (Å²) in [6, 6.07) is 19.3. The van der Waals surface area contributed by atoms with Crippen LogP contribution in [0.2, 0.25) is 0 Å². The molecular weight excluding hydrogens is 783 g/mol. The number of imide groups is 2. The molecule has 5 aromatic rings. The molecule has 306 valence electrons. The Bertz CT molecular complexity index is 2550. The second-order valence-electron chi connectivity index (χ2n) is 15.0. The third-order valence-electron chi connectivity index (χ3n) is 10.9. The number of hydrogen-bond acceptors (Lipinski definition) is 11. The Hall–Kier alpha value is -6.74. The van der Waals surface area contributed by atoms with Gasteiger partial charge in [-0.1, -0.05) is 24.3 Å². The molecule has 0 radical (unpaired) electrons. The Labute approximate surface area is 350 Å². The molecule has 0 spiro atoms. The van der Waals surface area contributed by atoms with E-state index in [1.54, 1.807) is 36.7 Å². The highest BCUT2D eigenvalue weighted by atomic mass is 32.1. The molecule has 3 aliphatic heterocycles. The summed E-state index contributed by atoms with van der Waals surface area (Å²) < 4.78 is 6.00. The minimum Gasteiger partial charge on any atom is -0.494 e. The topological polar surface area (TPSA) is 180 Å². The van der Waals surface area contributed by atoms with Gasteiger partial charge in [0.2, 0.25) is 17.7 Å². The third kappa shape index (κ3) is 8.25. The molecule has 0 bridgehead atoms. The zero-order valence-corrected chi connectivity index (χ0v) is 34.0. The lowest BCUT2D eigenvalue weighted by molar-refractivity contribution is -0.136. The first-order chi connectivity index (χ1) is 29.0. The van der Waals surface area contributed by atoms with E-state index < -0.39 is 29.7 Å². The number of ether oxygens (including phenoxy) is 1. The van der Waals surface area contributed by atoms with E-state index in [1.807, 2.05) is 55.1 Å². The number of pyridine rings is 1. The maximum atomic E-state index is 13.3. The van der Waals surface area contributed by atoms with Gasteiger partial charge in [-0.3, -0.25) is 44.0 Å². The van der Waals surface area contributed by atoms with Crippen molar-refractivity contribution in [2.45, 2.75) is 64.8 Å². The van der Waals surface area contributed by atoms with Gasteiger partial charge in [0.25, 0.3) is 17.7 Å². The molecule has 3 N–H and O–H groups in total. The van der Waals surface area contributed by atoms with Gasteiger partial charge in [0.15, 0.2) is 5.13 Å². The fraction of sp³-hybridized carbons (Fsp3) is 0.289. The van der Waals surface area contributed by atoms with Crippen LogP contribution < -0.4 is 25.6 Å². The predicted octanol–water partition coefficient (Wildman–Crippen LogP) is 6.27. The number of hydrogen-bond donors (Lipinski definition) is 3. The van der Waals surface area contributed by atoms with Crippen molar-refractivity contribution in [2.75, 3.05) is 35.2 Å². The molecule has 8 rings (SSSR count). The summed E-state index contributed by atoms with van der Waals surface area (Å²) in [6.45, 7) is 5.51. The number of fused-ring (bicyclic) bond motifs is 2. The summed E-state index contributed by atoms with van der Waals surface area (Å²) in [5, 5.41) is 8.97. The first kappa shape index (κ1) is 40.1. The smallest absolute Gasteiger partial charge is 0.264 e. The number of aryl methyl sites for hydroxylation is 2. The van der Waals surface area contributed by atoms with E-state index in [9.17, 15) is 28.8 Å². The van der Waals surface area contributed by atoms with E-state index in [4.69, 9.17) is 9.72 Å². The van der Waals surface area contributed by atoms with Gasteiger partial charge >= 0.3 is 0 Å². The Kier molecular flexibility index (Phi) is 11.5. The molecule has 1 saturated heterocycles. The quantitative estimate of drug-likeness (QED) is 0.0854. The maximum absolute atomic E-state index is 13.3. The van der Waals surface area contributed by atoms with E-state index in [0.29, 0.717) is 41.8 Å². The summed E-state index contributed by atoms with van der Waals surface area (Å²) in [6.07, 6.45) is 6.80. The van der Waals surface area contributed by atoms with Gasteiger partial charge in [-0.25, -0.2) is 4.98 Å². The van der Waals surface area contributed by atoms with Crippen LogP contribution in [-0.4, -0.2) is 76.0 Å². The number of nitrogens with zero attached hydrogens (tertiary/aromatic N) is 4. The van der Waals surface area contributed by atoms with Crippen molar-refractivity contribution in [3.63, 3.8) is 0 Å². The van der Waals surface area contributed by atoms with Gasteiger partial charge in [-0.2, -0.15) is 0 Å². The van der Waals surface area contributed by atoms with E-state index in [2.05, 4.69) is 27.0 Å². The van der Waals surface area contributed by atoms with Crippen LogP contribution in [-0.2, 0) is 27.2 Å². The van der Waals surface area contributed by atoms with Crippen molar-refractivity contribution >= 4 is 63.3 Å². The molecule has 1 fully saturated rings. The Balaban J connectivity index is 0.784. The SMILES string of the molecule is Cc1cnccc1C(=O)N1CCc2cc(-c3nc(NC(=O)Cc4cccc(OCCCCCNc5cccc6c5C(=O)N(C5CCC(=O)NC5=O)C6=O)c4)sc3C)ccc21. The second kappa shape index (κ2) is 17.2. The molecule has 0 aliphatic carbocycles. The Morgan fingerprint density at radius 2 is 1.80 bits per heavy atom. The number of nitrogens with one attached hydrogen (secondary N) is 3. The van der Waals surface area contributed by atoms with Crippen molar-refractivity contribution in [2.24, 2.45) is 0 Å². The molecule has 1 unspecified atom stereocenters. The summed E-state index contributed by atoms with van der Waals surface area (Å²) >= 11 is 1.42. The lowest BCUT2D eigenvalue weighted by atomic mass is 10.0. The standard InChI is InChI=1S/C45H43N7O7S/c1-26-25-46-19-16-32(26)42(56)51-20-17-29-24-30(12-13-35(29)51)40-27(2)60-45(50-40)49-38(54)23-28-8-6-9-31(22-28)59-21-5-3-4-18-47-34-11-7-10-33-39(34)44(58)52(43(33)57)36-14-15-37(53)48-41(36)55/h6-13,16,19,22,24-25,36,47H,3-5,14-15,17-18,20-21,23H2,1-2H3,(H,48,53,55)(H,49,50,54). The molecule has 60 heavy (non-hydrogen) atoms. The monoisotopic (exact) mass is 825 g/mol. The number of amides is 6. The molecule has 1 atom stereocenters. The van der Waals surface area contributed by atoms with Crippen molar-refractivity contribution in [3.8, 4) is 17.0 Å². The minimum atomic E-state index is -1.01. The van der Waals surface area contributed by atoms with Crippen LogP contribution in [0.3, 0.4) is 0 Å². The maximum Gasteiger partial charge on any atom is 0.264 e. The Morgan fingerprint density at radius 1 is 0.950 bits per heavy atom. The average Bonchev–Trinajstić information content (AvgIpc) is 3.90. The highest BCUT2D eigenvalue weighted by molar-refractivity contribution is 7.16. The zero-order chi connectivity index (χ0) is 41.9. The van der Waals surface area contributed by atoms with Crippen LogP contribution in [0.5, 0.6) is 5.75 Å². The summed E-state index contributed by atoms with van der Waals surface area (Å²) in [7, 11) is 0. The lowest BCUT2D eigenvalue weighted by Crippen LogP contribution is -2.54. The lowest BCUT2D eigenvalue weighted by Gasteiger charge is -2.27. The van der Waals surface area contributed by atoms with Crippen LogP contribution >= 0.6 is 11.3 Å². The molecule has 15 heteroatoms. The van der Waals surface area contributed by atoms with Crippen molar-refractivity contribution in [3.05, 3.63) is 117 Å². The molecule has 0 saturated carbocycles. The first-order valence-electron chi connectivity index (χ1n) is 20.0.